The maximum absolute atomic E-state index is 12.5. The first-order chi connectivity index (χ1) is 15.2. The molecule has 1 aromatic rings. The molecule has 1 amide bonds. The van der Waals surface area contributed by atoms with Gasteiger partial charge in [-0.05, 0) is 24.5 Å². The molecule has 8 nitrogen and oxygen atoms in total. The highest BCUT2D eigenvalue weighted by molar-refractivity contribution is 6.47. The lowest BCUT2D eigenvalue weighted by Gasteiger charge is -2.29. The number of alkyl halides is 3. The van der Waals surface area contributed by atoms with Crippen LogP contribution in [0.15, 0.2) is 18.2 Å². The Morgan fingerprint density at radius 3 is 2.75 bits per heavy atom. The number of rotatable bonds is 8. The van der Waals surface area contributed by atoms with Crippen LogP contribution in [0.4, 0.5) is 13.2 Å². The molecule has 32 heavy (non-hydrogen) atoms. The highest BCUT2D eigenvalue weighted by Gasteiger charge is 2.38. The van der Waals surface area contributed by atoms with Gasteiger partial charge in [0.05, 0.1) is 19.2 Å². The van der Waals surface area contributed by atoms with E-state index in [1.807, 2.05) is 0 Å². The third-order valence-electron chi connectivity index (χ3n) is 5.29. The fraction of sp³-hybridized carbons (Fsp3) is 0.600. The van der Waals surface area contributed by atoms with E-state index >= 15 is 0 Å². The molecule has 0 unspecified atom stereocenters. The fourth-order valence-electron chi connectivity index (χ4n) is 3.61. The first-order valence-electron chi connectivity index (χ1n) is 10.5. The van der Waals surface area contributed by atoms with Crippen LogP contribution in [0.1, 0.15) is 35.2 Å². The van der Waals surface area contributed by atoms with E-state index in [-0.39, 0.29) is 37.2 Å². The Morgan fingerprint density at radius 1 is 1.28 bits per heavy atom. The van der Waals surface area contributed by atoms with Crippen molar-refractivity contribution in [2.45, 2.75) is 37.8 Å². The molecule has 1 aromatic carbocycles. The van der Waals surface area contributed by atoms with Crippen molar-refractivity contribution in [3.63, 3.8) is 0 Å². The molecule has 0 saturated carbocycles. The van der Waals surface area contributed by atoms with Crippen molar-refractivity contribution >= 4 is 19.0 Å². The van der Waals surface area contributed by atoms with Gasteiger partial charge in [0.25, 0.3) is 0 Å². The molecule has 176 valence electrons. The number of morpholine rings is 1. The fourth-order valence-corrected chi connectivity index (χ4v) is 3.61. The predicted molar refractivity (Wildman–Crippen MR) is 108 cm³/mol. The molecule has 0 bridgehead atoms. The second-order valence-electron chi connectivity index (χ2n) is 7.74. The first kappa shape index (κ1) is 24.3. The summed E-state index contributed by atoms with van der Waals surface area (Å²) in [6.07, 6.45) is -5.86. The Balaban J connectivity index is 1.53. The van der Waals surface area contributed by atoms with Crippen LogP contribution >= 0.6 is 0 Å². The van der Waals surface area contributed by atoms with Crippen molar-refractivity contribution in [1.82, 2.24) is 10.2 Å². The number of fused-ring (bicyclic) bond motifs is 1. The van der Waals surface area contributed by atoms with E-state index in [2.05, 4.69) is 10.2 Å². The molecule has 0 aromatic heterocycles. The summed E-state index contributed by atoms with van der Waals surface area (Å²) in [6, 6.07) is 4.86. The van der Waals surface area contributed by atoms with Crippen molar-refractivity contribution in [3.8, 4) is 5.75 Å². The zero-order chi connectivity index (χ0) is 23.1. The van der Waals surface area contributed by atoms with Gasteiger partial charge in [0.2, 0.25) is 5.91 Å². The Hall–Kier alpha value is -2.31. The van der Waals surface area contributed by atoms with Crippen LogP contribution in [0.25, 0.3) is 0 Å². The topological polar surface area (TPSA) is 97.3 Å². The summed E-state index contributed by atoms with van der Waals surface area (Å²) < 4.78 is 52.8. The standard InChI is InChI=1S/C20H26BF3N2O6/c22-20(23,24)6-2-5-17(27)25-16-13-14-3-1-4-15(18(14)32-21(16)29)19(28)31-12-9-26-7-10-30-11-8-26/h1,3-4,16,29H,2,5-13H2,(H,25,27)/t16-/m0/s1. The van der Waals surface area contributed by atoms with Crippen LogP contribution in [-0.2, 0) is 20.7 Å². The molecule has 1 saturated heterocycles. The lowest BCUT2D eigenvalue weighted by molar-refractivity contribution is -0.137. The van der Waals surface area contributed by atoms with Crippen molar-refractivity contribution in [1.29, 1.82) is 0 Å². The van der Waals surface area contributed by atoms with Gasteiger partial charge < -0.3 is 24.5 Å². The van der Waals surface area contributed by atoms with E-state index in [9.17, 15) is 27.8 Å². The minimum absolute atomic E-state index is 0.163. The highest BCUT2D eigenvalue weighted by atomic mass is 19.4. The molecular formula is C20H26BF3N2O6. The third kappa shape index (κ3) is 7.11. The average molecular weight is 458 g/mol. The van der Waals surface area contributed by atoms with Crippen LogP contribution in [0.3, 0.4) is 0 Å². The molecule has 1 atom stereocenters. The summed E-state index contributed by atoms with van der Waals surface area (Å²) in [5, 5.41) is 12.8. The summed E-state index contributed by atoms with van der Waals surface area (Å²) in [5.41, 5.74) is 0.747. The largest absolute Gasteiger partial charge is 0.547 e. The molecule has 12 heteroatoms. The first-order valence-corrected chi connectivity index (χ1v) is 10.5. The van der Waals surface area contributed by atoms with E-state index in [0.29, 0.717) is 25.3 Å². The van der Waals surface area contributed by atoms with Gasteiger partial charge in [0, 0.05) is 32.5 Å². The molecule has 2 aliphatic heterocycles. The van der Waals surface area contributed by atoms with Gasteiger partial charge in [0.1, 0.15) is 17.9 Å². The molecular weight excluding hydrogens is 432 g/mol. The van der Waals surface area contributed by atoms with Crippen LogP contribution in [0.5, 0.6) is 5.75 Å². The number of nitrogens with one attached hydrogen (secondary N) is 1. The van der Waals surface area contributed by atoms with Crippen LogP contribution in [0, 0.1) is 0 Å². The number of benzene rings is 1. The molecule has 0 aliphatic carbocycles. The SMILES string of the molecule is O=C(CCCC(F)(F)F)N[C@H]1Cc2cccc(C(=O)OCCN3CCOCC3)c2OB1O. The number of hydrogen-bond acceptors (Lipinski definition) is 7. The van der Waals surface area contributed by atoms with Gasteiger partial charge in [-0.2, -0.15) is 13.2 Å². The van der Waals surface area contributed by atoms with Gasteiger partial charge in [-0.25, -0.2) is 4.79 Å². The number of nitrogens with zero attached hydrogens (tertiary/aromatic N) is 1. The lowest BCUT2D eigenvalue weighted by atomic mass is 9.72. The summed E-state index contributed by atoms with van der Waals surface area (Å²) in [7, 11) is -1.45. The Morgan fingerprint density at radius 2 is 2.03 bits per heavy atom. The van der Waals surface area contributed by atoms with Crippen LogP contribution in [-0.4, -0.2) is 80.5 Å². The predicted octanol–water partition coefficient (Wildman–Crippen LogP) is 1.35. The van der Waals surface area contributed by atoms with Gasteiger partial charge in [-0.1, -0.05) is 12.1 Å². The second-order valence-corrected chi connectivity index (χ2v) is 7.74. The van der Waals surface area contributed by atoms with E-state index in [4.69, 9.17) is 14.1 Å². The minimum Gasteiger partial charge on any atom is -0.534 e. The summed E-state index contributed by atoms with van der Waals surface area (Å²) >= 11 is 0. The number of hydrogen-bond donors (Lipinski definition) is 2. The Bertz CT molecular complexity index is 804. The summed E-state index contributed by atoms with van der Waals surface area (Å²) in [4.78, 5) is 26.6. The number of carbonyl (C=O) groups is 2. The monoisotopic (exact) mass is 458 g/mol. The second kappa shape index (κ2) is 11.0. The van der Waals surface area contributed by atoms with Gasteiger partial charge >= 0.3 is 19.3 Å². The average Bonchev–Trinajstić information content (AvgIpc) is 2.73. The van der Waals surface area contributed by atoms with Gasteiger partial charge in [-0.15, -0.1) is 0 Å². The highest BCUT2D eigenvalue weighted by Crippen LogP contribution is 2.31. The molecule has 2 N–H and O–H groups in total. The number of esters is 1. The van der Waals surface area contributed by atoms with Gasteiger partial charge in [0.15, 0.2) is 0 Å². The Labute approximate surface area is 184 Å². The van der Waals surface area contributed by atoms with Crippen LogP contribution < -0.4 is 9.97 Å². The van der Waals surface area contributed by atoms with E-state index in [1.54, 1.807) is 12.1 Å². The molecule has 2 heterocycles. The van der Waals surface area contributed by atoms with Crippen molar-refractivity contribution in [3.05, 3.63) is 29.3 Å². The number of halogens is 3. The maximum atomic E-state index is 12.5. The van der Waals surface area contributed by atoms with E-state index in [1.165, 1.54) is 6.07 Å². The van der Waals surface area contributed by atoms with Crippen LogP contribution in [0.2, 0.25) is 0 Å². The Kier molecular flexibility index (Phi) is 8.38. The smallest absolute Gasteiger partial charge is 0.534 e. The molecule has 2 aliphatic rings. The van der Waals surface area contributed by atoms with E-state index < -0.39 is 37.5 Å². The number of para-hydroxylation sites is 1. The zero-order valence-corrected chi connectivity index (χ0v) is 17.5. The molecule has 1 fully saturated rings. The molecule has 0 radical (unpaired) electrons. The van der Waals surface area contributed by atoms with Crippen molar-refractivity contribution in [2.24, 2.45) is 0 Å². The van der Waals surface area contributed by atoms with E-state index in [0.717, 1.165) is 13.1 Å². The zero-order valence-electron chi connectivity index (χ0n) is 17.5. The quantitative estimate of drug-likeness (QED) is 0.449. The number of amides is 1. The van der Waals surface area contributed by atoms with Crippen molar-refractivity contribution < 1.29 is 41.9 Å². The lowest BCUT2D eigenvalue weighted by Crippen LogP contribution is -2.53. The summed E-state index contributed by atoms with van der Waals surface area (Å²) in [5.74, 6) is -1.85. The van der Waals surface area contributed by atoms with Crippen molar-refractivity contribution in [2.75, 3.05) is 39.5 Å². The molecule has 0 spiro atoms. The molecule has 3 rings (SSSR count). The van der Waals surface area contributed by atoms with Gasteiger partial charge in [-0.3, -0.25) is 9.69 Å². The number of carbonyl (C=O) groups excluding carboxylic acids is 2. The summed E-state index contributed by atoms with van der Waals surface area (Å²) in [6.45, 7) is 3.61. The number of ether oxygens (including phenoxy) is 2. The maximum Gasteiger partial charge on any atom is 0.547 e. The third-order valence-corrected chi connectivity index (χ3v) is 5.29. The minimum atomic E-state index is -4.32. The normalized spacial score (nSPS) is 19.1.